The van der Waals surface area contributed by atoms with E-state index in [0.717, 1.165) is 11.1 Å². The maximum atomic E-state index is 14.5. The van der Waals surface area contributed by atoms with E-state index in [1.54, 1.807) is 48.5 Å². The topological polar surface area (TPSA) is 272 Å². The summed E-state index contributed by atoms with van der Waals surface area (Å²) in [7, 11) is 0. The van der Waals surface area contributed by atoms with Gasteiger partial charge in [0.05, 0.1) is 0 Å². The van der Waals surface area contributed by atoms with Gasteiger partial charge in [-0.25, -0.2) is 0 Å². The number of rotatable bonds is 24. The number of hydrogen-bond acceptors (Lipinski definition) is 9. The Bertz CT molecular complexity index is 1740. The predicted molar refractivity (Wildman–Crippen MR) is 219 cm³/mol. The zero-order chi connectivity index (χ0) is 43.5. The van der Waals surface area contributed by atoms with Crippen molar-refractivity contribution in [1.82, 2.24) is 31.5 Å². The lowest BCUT2D eigenvalue weighted by Gasteiger charge is -2.31. The first kappa shape index (κ1) is 47.5. The largest absolute Gasteiger partial charge is 0.481 e. The van der Waals surface area contributed by atoms with Gasteiger partial charge in [-0.15, -0.1) is 0 Å². The average molecular weight is 821 g/mol. The van der Waals surface area contributed by atoms with E-state index in [1.165, 1.54) is 11.8 Å². The first-order chi connectivity index (χ1) is 28.1. The second-order valence-electron chi connectivity index (χ2n) is 15.3. The highest BCUT2D eigenvalue weighted by molar-refractivity contribution is 5.97. The number of nitrogens with zero attached hydrogens (tertiary/aromatic N) is 1. The van der Waals surface area contributed by atoms with Gasteiger partial charge >= 0.3 is 5.97 Å². The molecule has 0 spiro atoms. The molecule has 0 aromatic heterocycles. The smallest absolute Gasteiger partial charge is 0.303 e. The van der Waals surface area contributed by atoms with Gasteiger partial charge in [0.2, 0.25) is 41.4 Å². The van der Waals surface area contributed by atoms with E-state index >= 15 is 0 Å². The van der Waals surface area contributed by atoms with E-state index < -0.39 is 90.0 Å². The summed E-state index contributed by atoms with van der Waals surface area (Å²) < 4.78 is 0. The van der Waals surface area contributed by atoms with E-state index in [1.807, 2.05) is 26.0 Å². The lowest BCUT2D eigenvalue weighted by molar-refractivity contribution is -0.142. The molecule has 1 fully saturated rings. The number of carboxylic acid groups (broad SMARTS) is 1. The van der Waals surface area contributed by atoms with Crippen LogP contribution in [0.3, 0.4) is 0 Å². The molecule has 0 radical (unpaired) electrons. The van der Waals surface area contributed by atoms with Crippen molar-refractivity contribution in [2.75, 3.05) is 13.1 Å². The van der Waals surface area contributed by atoms with Gasteiger partial charge in [0.1, 0.15) is 36.3 Å². The van der Waals surface area contributed by atoms with Crippen LogP contribution in [-0.2, 0) is 51.2 Å². The van der Waals surface area contributed by atoms with Crippen molar-refractivity contribution in [3.05, 3.63) is 71.8 Å². The molecule has 7 amide bonds. The molecule has 17 heteroatoms. The number of unbranched alkanes of at least 4 members (excludes halogenated alkanes) is 1. The van der Waals surface area contributed by atoms with Crippen LogP contribution >= 0.6 is 0 Å². The normalized spacial score (nSPS) is 16.2. The minimum atomic E-state index is -1.28. The molecule has 3 rings (SSSR count). The van der Waals surface area contributed by atoms with Gasteiger partial charge in [0.25, 0.3) is 0 Å². The third-order valence-electron chi connectivity index (χ3n) is 9.94. The molecule has 17 nitrogen and oxygen atoms in total. The fourth-order valence-electron chi connectivity index (χ4n) is 6.96. The molecule has 2 aromatic carbocycles. The van der Waals surface area contributed by atoms with Crippen molar-refractivity contribution in [2.45, 2.75) is 121 Å². The quantitative estimate of drug-likeness (QED) is 0.0677. The fraction of sp³-hybridized carbons (Fsp3) is 0.524. The molecule has 2 aromatic rings. The van der Waals surface area contributed by atoms with E-state index in [0.29, 0.717) is 32.2 Å². The standard InChI is InChI=1S/C42H60N8O9/c1-26(2)23-32(39(56)46-30(37(44)54)19-20-36(52)53)48-41(58)35-18-12-22-50(35)42(59)34(25-29-15-8-5-9-16-29)49-40(57)33(24-28-13-6-4-7-14-28)47-38(55)31(45-27(3)51)17-10-11-21-43/h4-9,13-16,26,30-35H,10-12,17-25,43H2,1-3H3,(H2,44,54)(H,45,51)(H,46,56)(H,47,55)(H,48,58)(H,49,57)(H,52,53)/t30-,31+,32-,33-,34-,35-/m0/s1. The summed E-state index contributed by atoms with van der Waals surface area (Å²) in [5, 5.41) is 22.6. The predicted octanol–water partition coefficient (Wildman–Crippen LogP) is 0.432. The number of amides is 7. The van der Waals surface area contributed by atoms with Crippen LogP contribution in [-0.4, -0.2) is 107 Å². The summed E-state index contributed by atoms with van der Waals surface area (Å²) >= 11 is 0. The maximum Gasteiger partial charge on any atom is 0.303 e. The van der Waals surface area contributed by atoms with Gasteiger partial charge in [0.15, 0.2) is 0 Å². The summed E-state index contributed by atoms with van der Waals surface area (Å²) in [4.78, 5) is 106. The number of hydrogen-bond donors (Lipinski definition) is 8. The zero-order valence-electron chi connectivity index (χ0n) is 34.1. The van der Waals surface area contributed by atoms with Crippen molar-refractivity contribution in [2.24, 2.45) is 17.4 Å². The molecule has 0 aliphatic carbocycles. The number of carbonyl (C=O) groups excluding carboxylic acids is 7. The minimum absolute atomic E-state index is 0.0547. The maximum absolute atomic E-state index is 14.5. The fourth-order valence-corrected chi connectivity index (χ4v) is 6.96. The molecule has 1 aliphatic heterocycles. The van der Waals surface area contributed by atoms with Gasteiger partial charge in [-0.1, -0.05) is 74.5 Å². The van der Waals surface area contributed by atoms with Gasteiger partial charge in [0, 0.05) is 32.7 Å². The van der Waals surface area contributed by atoms with E-state index in [2.05, 4.69) is 26.6 Å². The van der Waals surface area contributed by atoms with Crippen molar-refractivity contribution in [1.29, 1.82) is 0 Å². The summed E-state index contributed by atoms with van der Waals surface area (Å²) in [6.45, 7) is 5.56. The Morgan fingerprint density at radius 2 is 1.25 bits per heavy atom. The Morgan fingerprint density at radius 3 is 1.80 bits per heavy atom. The van der Waals surface area contributed by atoms with E-state index in [-0.39, 0.29) is 44.6 Å². The number of nitrogens with one attached hydrogen (secondary N) is 5. The SMILES string of the molecule is CC(=O)N[C@H](CCCCN)C(=O)N[C@@H](Cc1ccccc1)C(=O)N[C@@H](Cc1ccccc1)C(=O)N1CCC[C@H]1C(=O)N[C@@H](CC(C)C)C(=O)N[C@@H](CCC(=O)O)C(N)=O. The first-order valence-corrected chi connectivity index (χ1v) is 20.2. The molecule has 59 heavy (non-hydrogen) atoms. The van der Waals surface area contributed by atoms with Crippen LogP contribution in [0.2, 0.25) is 0 Å². The van der Waals surface area contributed by atoms with Crippen molar-refractivity contribution < 1.29 is 43.5 Å². The van der Waals surface area contributed by atoms with Gasteiger partial charge in [-0.3, -0.25) is 38.4 Å². The highest BCUT2D eigenvalue weighted by atomic mass is 16.4. The molecule has 1 aliphatic rings. The van der Waals surface area contributed by atoms with Gasteiger partial charge in [-0.05, 0) is 68.5 Å². The minimum Gasteiger partial charge on any atom is -0.481 e. The molecule has 0 unspecified atom stereocenters. The van der Waals surface area contributed by atoms with Crippen LogP contribution in [0.5, 0.6) is 0 Å². The van der Waals surface area contributed by atoms with Crippen molar-refractivity contribution in [3.8, 4) is 0 Å². The Labute approximate surface area is 345 Å². The number of carbonyl (C=O) groups is 8. The Kier molecular flexibility index (Phi) is 19.5. The molecule has 6 atom stereocenters. The Morgan fingerprint density at radius 1 is 0.712 bits per heavy atom. The summed E-state index contributed by atoms with van der Waals surface area (Å²) in [6.07, 6.45) is 1.85. The summed E-state index contributed by atoms with van der Waals surface area (Å²) in [5.74, 6) is -5.71. The number of nitrogens with two attached hydrogens (primary N) is 2. The van der Waals surface area contributed by atoms with Crippen LogP contribution in [0.4, 0.5) is 0 Å². The molecule has 322 valence electrons. The highest BCUT2D eigenvalue weighted by Gasteiger charge is 2.40. The second kappa shape index (κ2) is 24.2. The third kappa shape index (κ3) is 16.1. The highest BCUT2D eigenvalue weighted by Crippen LogP contribution is 2.21. The van der Waals surface area contributed by atoms with Crippen LogP contribution in [0.25, 0.3) is 0 Å². The molecule has 1 saturated heterocycles. The monoisotopic (exact) mass is 820 g/mol. The molecule has 0 bridgehead atoms. The number of benzene rings is 2. The molecule has 10 N–H and O–H groups in total. The molecule has 0 saturated carbocycles. The van der Waals surface area contributed by atoms with Crippen LogP contribution in [0.15, 0.2) is 60.7 Å². The van der Waals surface area contributed by atoms with Crippen molar-refractivity contribution in [3.63, 3.8) is 0 Å². The first-order valence-electron chi connectivity index (χ1n) is 20.2. The third-order valence-corrected chi connectivity index (χ3v) is 9.94. The van der Waals surface area contributed by atoms with E-state index in [4.69, 9.17) is 16.6 Å². The van der Waals surface area contributed by atoms with Crippen LogP contribution in [0.1, 0.15) is 83.3 Å². The Hall–Kier alpha value is -5.84. The number of likely N-dealkylation sites (tertiary alicyclic amines) is 1. The number of aliphatic carboxylic acids is 1. The molecular formula is C42H60N8O9. The van der Waals surface area contributed by atoms with Crippen LogP contribution < -0.4 is 38.1 Å². The van der Waals surface area contributed by atoms with E-state index in [9.17, 15) is 38.4 Å². The zero-order valence-corrected chi connectivity index (χ0v) is 34.1. The second-order valence-corrected chi connectivity index (χ2v) is 15.3. The lowest BCUT2D eigenvalue weighted by Crippen LogP contribution is -2.60. The lowest BCUT2D eigenvalue weighted by atomic mass is 10.0. The molecular weight excluding hydrogens is 761 g/mol. The summed E-state index contributed by atoms with van der Waals surface area (Å²) in [6, 6.07) is 11.3. The average Bonchev–Trinajstić information content (AvgIpc) is 3.69. The number of carboxylic acids is 1. The Balaban J connectivity index is 1.89. The van der Waals surface area contributed by atoms with Gasteiger partial charge < -0.3 is 48.1 Å². The van der Waals surface area contributed by atoms with Crippen LogP contribution in [0, 0.1) is 5.92 Å². The number of primary amides is 1. The summed E-state index contributed by atoms with van der Waals surface area (Å²) in [5.41, 5.74) is 12.5. The molecule has 1 heterocycles. The van der Waals surface area contributed by atoms with Crippen molar-refractivity contribution >= 4 is 47.3 Å². The van der Waals surface area contributed by atoms with Gasteiger partial charge in [-0.2, -0.15) is 0 Å².